The van der Waals surface area contributed by atoms with E-state index in [1.54, 1.807) is 6.07 Å². The van der Waals surface area contributed by atoms with Crippen molar-refractivity contribution < 1.29 is 31.9 Å². The van der Waals surface area contributed by atoms with Gasteiger partial charge in [0.2, 0.25) is 0 Å². The molecule has 0 amide bonds. The van der Waals surface area contributed by atoms with Gasteiger partial charge in [-0.1, -0.05) is 41.9 Å². The maximum atomic E-state index is 13.8. The molecule has 2 aliphatic rings. The van der Waals surface area contributed by atoms with Crippen LogP contribution in [-0.2, 0) is 0 Å². The highest BCUT2D eigenvalue weighted by molar-refractivity contribution is 6.31. The summed E-state index contributed by atoms with van der Waals surface area (Å²) in [6.07, 6.45) is -4.97. The lowest BCUT2D eigenvalue weighted by molar-refractivity contribution is -0.154. The van der Waals surface area contributed by atoms with E-state index in [0.717, 1.165) is 33.3 Å². The van der Waals surface area contributed by atoms with Gasteiger partial charge in [0.05, 0.1) is 18.8 Å². The topological polar surface area (TPSA) is 61.6 Å². The Kier molecular flexibility index (Phi) is 8.96. The van der Waals surface area contributed by atoms with Gasteiger partial charge in [-0.05, 0) is 36.1 Å². The van der Waals surface area contributed by atoms with E-state index >= 15 is 0 Å². The Bertz CT molecular complexity index is 1340. The lowest BCUT2D eigenvalue weighted by atomic mass is 9.90. The van der Waals surface area contributed by atoms with Gasteiger partial charge in [-0.15, -0.1) is 12.4 Å². The maximum Gasteiger partial charge on any atom is 0.401 e. The number of aromatic nitrogens is 2. The van der Waals surface area contributed by atoms with Gasteiger partial charge in [0, 0.05) is 48.4 Å². The third-order valence-corrected chi connectivity index (χ3v) is 7.60. The first-order valence-electron chi connectivity index (χ1n) is 12.5. The van der Waals surface area contributed by atoms with Crippen LogP contribution in [0.3, 0.4) is 0 Å². The van der Waals surface area contributed by atoms with Gasteiger partial charge in [-0.2, -0.15) is 18.3 Å². The normalized spacial score (nSPS) is 18.5. The number of likely N-dealkylation sites (tertiary alicyclic amines) is 1. The zero-order valence-electron chi connectivity index (χ0n) is 21.1. The number of nitrogens with zero attached hydrogens (tertiary/aromatic N) is 4. The number of hydrogen-bond acceptors (Lipinski definition) is 4. The summed E-state index contributed by atoms with van der Waals surface area (Å²) in [7, 11) is 0. The average molecular weight is 605 g/mol. The lowest BCUT2D eigenvalue weighted by Crippen LogP contribution is -2.49. The van der Waals surface area contributed by atoms with Crippen molar-refractivity contribution in [1.82, 2.24) is 14.7 Å². The molecule has 1 atom stereocenters. The molecule has 0 spiro atoms. The van der Waals surface area contributed by atoms with E-state index in [-0.39, 0.29) is 18.3 Å². The van der Waals surface area contributed by atoms with Gasteiger partial charge >= 0.3 is 12.1 Å². The molecule has 3 heterocycles. The van der Waals surface area contributed by atoms with Crippen LogP contribution in [0.15, 0.2) is 48.7 Å². The summed E-state index contributed by atoms with van der Waals surface area (Å²) in [5.41, 5.74) is 2.45. The van der Waals surface area contributed by atoms with Crippen LogP contribution in [0.5, 0.6) is 0 Å². The molecule has 1 unspecified atom stereocenters. The molecule has 2 aliphatic heterocycles. The van der Waals surface area contributed by atoms with Crippen molar-refractivity contribution in [2.24, 2.45) is 0 Å². The third-order valence-electron chi connectivity index (χ3n) is 7.37. The minimum Gasteiger partial charge on any atom is -0.478 e. The Hall–Kier alpha value is -2.89. The van der Waals surface area contributed by atoms with Crippen molar-refractivity contribution in [2.45, 2.75) is 37.4 Å². The van der Waals surface area contributed by atoms with Crippen molar-refractivity contribution in [2.75, 3.05) is 37.6 Å². The Labute approximate surface area is 238 Å². The number of alkyl halides is 5. The van der Waals surface area contributed by atoms with Crippen LogP contribution in [-0.4, -0.2) is 64.7 Å². The zero-order valence-corrected chi connectivity index (χ0v) is 22.7. The van der Waals surface area contributed by atoms with Crippen LogP contribution in [0.2, 0.25) is 5.02 Å². The molecule has 0 aliphatic carbocycles. The summed E-state index contributed by atoms with van der Waals surface area (Å²) < 4.78 is 66.6. The molecule has 2 saturated heterocycles. The molecule has 3 aromatic rings. The molecule has 2 fully saturated rings. The van der Waals surface area contributed by atoms with Gasteiger partial charge in [0.25, 0.3) is 6.43 Å². The van der Waals surface area contributed by atoms with Crippen LogP contribution < -0.4 is 4.90 Å². The second-order valence-corrected chi connectivity index (χ2v) is 10.5. The molecule has 0 bridgehead atoms. The van der Waals surface area contributed by atoms with Crippen LogP contribution in [0.1, 0.15) is 52.8 Å². The number of carboxylic acid groups (broad SMARTS) is 1. The number of anilines is 1. The standard InChI is InChI=1S/C27H26ClF5N4O2.ClH/c28-19-7-8-21(17-5-3-16(4-6-17)18-12-35(13-18)15-27(31,32)33)23(10-19)36-9-1-2-20(14-36)37-24(25(29)30)22(11-34-37)26(38)39;/h3-8,10-11,18,20,25H,1-2,9,12-15H2,(H,38,39);1H. The second kappa shape index (κ2) is 11.9. The number of piperidine rings is 1. The van der Waals surface area contributed by atoms with Crippen LogP contribution >= 0.6 is 24.0 Å². The first-order chi connectivity index (χ1) is 18.5. The number of rotatable bonds is 7. The van der Waals surface area contributed by atoms with E-state index in [1.807, 2.05) is 41.3 Å². The first kappa shape index (κ1) is 30.1. The van der Waals surface area contributed by atoms with E-state index in [4.69, 9.17) is 11.6 Å². The fourth-order valence-corrected chi connectivity index (χ4v) is 5.69. The Morgan fingerprint density at radius 1 is 1.10 bits per heavy atom. The number of carbonyl (C=O) groups is 1. The average Bonchev–Trinajstić information content (AvgIpc) is 3.32. The number of aromatic carboxylic acids is 1. The number of carboxylic acids is 1. The molecule has 1 N–H and O–H groups in total. The molecule has 6 nitrogen and oxygen atoms in total. The largest absolute Gasteiger partial charge is 0.478 e. The minimum absolute atomic E-state index is 0. The molecular weight excluding hydrogens is 578 g/mol. The highest BCUT2D eigenvalue weighted by atomic mass is 35.5. The highest BCUT2D eigenvalue weighted by Crippen LogP contribution is 2.38. The summed E-state index contributed by atoms with van der Waals surface area (Å²) in [5, 5.41) is 13.8. The van der Waals surface area contributed by atoms with Gasteiger partial charge < -0.3 is 10.0 Å². The number of benzene rings is 2. The van der Waals surface area contributed by atoms with Crippen LogP contribution in [0.25, 0.3) is 11.1 Å². The van der Waals surface area contributed by atoms with E-state index < -0.39 is 42.4 Å². The summed E-state index contributed by atoms with van der Waals surface area (Å²) >= 11 is 6.34. The molecule has 0 saturated carbocycles. The molecular formula is C27H27Cl2F5N4O2. The van der Waals surface area contributed by atoms with Gasteiger partial charge in [0.15, 0.2) is 0 Å². The minimum atomic E-state index is -4.20. The van der Waals surface area contributed by atoms with E-state index in [2.05, 4.69) is 5.10 Å². The smallest absolute Gasteiger partial charge is 0.401 e. The molecule has 2 aromatic carbocycles. The fraction of sp³-hybridized carbons (Fsp3) is 0.407. The zero-order chi connectivity index (χ0) is 27.9. The van der Waals surface area contributed by atoms with E-state index in [0.29, 0.717) is 44.0 Å². The van der Waals surface area contributed by atoms with Crippen molar-refractivity contribution in [3.63, 3.8) is 0 Å². The van der Waals surface area contributed by atoms with Gasteiger partial charge in [0.1, 0.15) is 11.3 Å². The first-order valence-corrected chi connectivity index (χ1v) is 12.9. The van der Waals surface area contributed by atoms with Crippen LogP contribution in [0, 0.1) is 0 Å². The Morgan fingerprint density at radius 2 is 1.80 bits per heavy atom. The van der Waals surface area contributed by atoms with Gasteiger partial charge in [-0.25, -0.2) is 13.6 Å². The third kappa shape index (κ3) is 6.37. The quantitative estimate of drug-likeness (QED) is 0.292. The lowest BCUT2D eigenvalue weighted by Gasteiger charge is -2.40. The maximum absolute atomic E-state index is 13.8. The predicted octanol–water partition coefficient (Wildman–Crippen LogP) is 7.06. The molecule has 1 aromatic heterocycles. The molecule has 0 radical (unpaired) electrons. The highest BCUT2D eigenvalue weighted by Gasteiger charge is 2.37. The Balaban J connectivity index is 0.00000370. The molecule has 216 valence electrons. The summed E-state index contributed by atoms with van der Waals surface area (Å²) in [5.74, 6) is -1.40. The van der Waals surface area contributed by atoms with Crippen molar-refractivity contribution in [1.29, 1.82) is 0 Å². The van der Waals surface area contributed by atoms with Crippen molar-refractivity contribution >= 4 is 35.7 Å². The van der Waals surface area contributed by atoms with E-state index in [1.165, 1.54) is 4.90 Å². The fourth-order valence-electron chi connectivity index (χ4n) is 5.53. The summed E-state index contributed by atoms with van der Waals surface area (Å²) in [6, 6.07) is 12.7. The van der Waals surface area contributed by atoms with E-state index in [9.17, 15) is 31.9 Å². The second-order valence-electron chi connectivity index (χ2n) is 10.0. The van der Waals surface area contributed by atoms with Crippen molar-refractivity contribution in [3.8, 4) is 11.1 Å². The number of halogens is 7. The monoisotopic (exact) mass is 604 g/mol. The summed E-state index contributed by atoms with van der Waals surface area (Å²) in [4.78, 5) is 14.9. The Morgan fingerprint density at radius 3 is 2.42 bits per heavy atom. The predicted molar refractivity (Wildman–Crippen MR) is 144 cm³/mol. The SMILES string of the molecule is Cl.O=C(O)c1cnn(C2CCCN(c3cc(Cl)ccc3-c3ccc(C4CN(CC(F)(F)F)C4)cc3)C2)c1C(F)F. The molecule has 13 heteroatoms. The molecule has 5 rings (SSSR count). The van der Waals surface area contributed by atoms with Crippen LogP contribution in [0.4, 0.5) is 27.6 Å². The number of hydrogen-bond donors (Lipinski definition) is 1. The molecule has 40 heavy (non-hydrogen) atoms. The van der Waals surface area contributed by atoms with Crippen molar-refractivity contribution in [3.05, 3.63) is 70.5 Å². The van der Waals surface area contributed by atoms with Gasteiger partial charge in [-0.3, -0.25) is 9.58 Å². The summed E-state index contributed by atoms with van der Waals surface area (Å²) in [6.45, 7) is 0.802.